The van der Waals surface area contributed by atoms with Crippen LogP contribution in [0.2, 0.25) is 0 Å². The number of esters is 1. The fraction of sp³-hybridized carbons (Fsp3) is 0.423. The predicted molar refractivity (Wildman–Crippen MR) is 122 cm³/mol. The summed E-state index contributed by atoms with van der Waals surface area (Å²) in [5, 5.41) is 2.64. The summed E-state index contributed by atoms with van der Waals surface area (Å²) < 4.78 is 11.6. The number of alkyl carbamates (subject to hydrolysis) is 1. The van der Waals surface area contributed by atoms with Crippen molar-refractivity contribution in [1.82, 2.24) is 5.32 Å². The number of amides is 1. The highest BCUT2D eigenvalue weighted by Gasteiger charge is 2.49. The Balaban J connectivity index is 1.46. The van der Waals surface area contributed by atoms with Gasteiger partial charge in [0.15, 0.2) is 12.1 Å². The van der Waals surface area contributed by atoms with Gasteiger partial charge in [0.2, 0.25) is 5.78 Å². The van der Waals surface area contributed by atoms with E-state index in [4.69, 9.17) is 9.47 Å². The van der Waals surface area contributed by atoms with Crippen molar-refractivity contribution in [2.24, 2.45) is 5.92 Å². The van der Waals surface area contributed by atoms with Crippen molar-refractivity contribution in [2.45, 2.75) is 31.9 Å². The molecule has 1 amide bonds. The van der Waals surface area contributed by atoms with Gasteiger partial charge < -0.3 is 19.3 Å². The number of Topliss-reactive ketones (excluding diaryl/α,β-unsaturated/α-hetero) is 1. The van der Waals surface area contributed by atoms with Gasteiger partial charge in [-0.25, -0.2) is 9.59 Å². The molecule has 3 fully saturated rings. The third-order valence-electron chi connectivity index (χ3n) is 6.79. The molecule has 3 aliphatic rings. The Morgan fingerprint density at radius 3 is 2.27 bits per heavy atom. The van der Waals surface area contributed by atoms with Gasteiger partial charge in [-0.2, -0.15) is 0 Å². The fourth-order valence-corrected chi connectivity index (χ4v) is 5.03. The monoisotopic (exact) mass is 451 g/mol. The maximum Gasteiger partial charge on any atom is 0.408 e. The van der Waals surface area contributed by atoms with E-state index in [0.717, 1.165) is 25.9 Å². The summed E-state index contributed by atoms with van der Waals surface area (Å²) in [4.78, 5) is 38.2. The lowest BCUT2D eigenvalue weighted by molar-refractivity contribution is -0.938. The van der Waals surface area contributed by atoms with Crippen molar-refractivity contribution < 1.29 is 28.3 Å². The molecule has 5 rings (SSSR count). The van der Waals surface area contributed by atoms with Gasteiger partial charge >= 0.3 is 12.1 Å². The summed E-state index contributed by atoms with van der Waals surface area (Å²) in [6.45, 7) is 4.79. The molecule has 0 aromatic heterocycles. The van der Waals surface area contributed by atoms with Gasteiger partial charge in [-0.15, -0.1) is 0 Å². The minimum absolute atomic E-state index is 0.118. The Kier molecular flexibility index (Phi) is 7.08. The molecule has 7 heteroatoms. The molecule has 7 nitrogen and oxygen atoms in total. The molecule has 0 aliphatic carbocycles. The van der Waals surface area contributed by atoms with Crippen molar-refractivity contribution in [1.29, 1.82) is 0 Å². The van der Waals surface area contributed by atoms with E-state index in [2.05, 4.69) is 5.32 Å². The summed E-state index contributed by atoms with van der Waals surface area (Å²) in [7, 11) is 0. The normalized spacial score (nSPS) is 24.5. The zero-order chi connectivity index (χ0) is 23.3. The minimum Gasteiger partial charge on any atom is -0.454 e. The maximum absolute atomic E-state index is 13.2. The number of piperidine rings is 3. The van der Waals surface area contributed by atoms with Crippen LogP contribution in [0.4, 0.5) is 4.79 Å². The number of benzene rings is 2. The van der Waals surface area contributed by atoms with E-state index in [1.165, 1.54) is 0 Å². The van der Waals surface area contributed by atoms with Crippen LogP contribution in [0.3, 0.4) is 0 Å². The number of hydrogen-bond acceptors (Lipinski definition) is 5. The number of fused-ring (bicyclic) bond motifs is 3. The van der Waals surface area contributed by atoms with Gasteiger partial charge in [-0.3, -0.25) is 4.79 Å². The van der Waals surface area contributed by atoms with Gasteiger partial charge in [-0.05, 0) is 12.5 Å². The molecule has 1 unspecified atom stereocenters. The average molecular weight is 452 g/mol. The van der Waals surface area contributed by atoms with E-state index in [0.29, 0.717) is 28.7 Å². The van der Waals surface area contributed by atoms with Gasteiger partial charge in [0, 0.05) is 24.3 Å². The van der Waals surface area contributed by atoms with Crippen LogP contribution in [0.15, 0.2) is 60.7 Å². The third kappa shape index (κ3) is 5.42. The van der Waals surface area contributed by atoms with E-state index in [1.54, 1.807) is 19.1 Å². The van der Waals surface area contributed by atoms with Crippen LogP contribution >= 0.6 is 0 Å². The molecule has 3 saturated heterocycles. The lowest BCUT2D eigenvalue weighted by Gasteiger charge is -2.51. The van der Waals surface area contributed by atoms with Crippen molar-refractivity contribution in [3.05, 3.63) is 71.8 Å². The molecule has 1 N–H and O–H groups in total. The Labute approximate surface area is 194 Å². The number of hydrogen-bond donors (Lipinski definition) is 1. The first-order valence-corrected chi connectivity index (χ1v) is 11.6. The standard InChI is InChI=1S/C26H30N2O5/c1-2-32-26(31)27-24(21-11-7-4-8-12-21)25(30)33-23-18-28(15-13-20(23)14-16-28)17-22(29)19-9-5-3-6-10-19/h3-12,20,23-24H,2,13-18H2,1H3/p+1/t20?,23-,24?,28?/m0/s1. The molecular weight excluding hydrogens is 420 g/mol. The molecule has 3 heterocycles. The van der Waals surface area contributed by atoms with Crippen LogP contribution in [0, 0.1) is 5.92 Å². The largest absolute Gasteiger partial charge is 0.454 e. The number of nitrogens with zero attached hydrogens (tertiary/aromatic N) is 1. The molecule has 2 aromatic carbocycles. The van der Waals surface area contributed by atoms with Crippen molar-refractivity contribution in [3.8, 4) is 0 Å². The zero-order valence-corrected chi connectivity index (χ0v) is 18.9. The van der Waals surface area contributed by atoms with Gasteiger partial charge in [-0.1, -0.05) is 60.7 Å². The quantitative estimate of drug-likeness (QED) is 0.377. The Morgan fingerprint density at radius 2 is 1.64 bits per heavy atom. The number of carbonyl (C=O) groups is 3. The molecular formula is C26H31N2O5+. The molecule has 3 aliphatic heterocycles. The van der Waals surface area contributed by atoms with E-state index < -0.39 is 18.1 Å². The highest BCUT2D eigenvalue weighted by atomic mass is 16.6. The number of quaternary nitrogens is 1. The average Bonchev–Trinajstić information content (AvgIpc) is 2.84. The van der Waals surface area contributed by atoms with Crippen LogP contribution < -0.4 is 5.32 Å². The first-order chi connectivity index (χ1) is 16.0. The molecule has 0 saturated carbocycles. The SMILES string of the molecule is CCOC(=O)NC(C(=O)O[C@H]1C[N+]2(CC(=O)c3ccccc3)CCC1CC2)c1ccccc1. The summed E-state index contributed by atoms with van der Waals surface area (Å²) in [5.41, 5.74) is 1.36. The van der Waals surface area contributed by atoms with Crippen LogP contribution in [0.5, 0.6) is 0 Å². The number of nitrogens with one attached hydrogen (secondary N) is 1. The Morgan fingerprint density at radius 1 is 1.00 bits per heavy atom. The van der Waals surface area contributed by atoms with Gasteiger partial charge in [0.05, 0.1) is 19.7 Å². The minimum atomic E-state index is -0.944. The third-order valence-corrected chi connectivity index (χ3v) is 6.79. The Hall–Kier alpha value is -3.19. The number of carbonyl (C=O) groups excluding carboxylic acids is 3. The smallest absolute Gasteiger partial charge is 0.408 e. The van der Waals surface area contributed by atoms with Crippen LogP contribution in [0.1, 0.15) is 41.7 Å². The maximum atomic E-state index is 13.2. The van der Waals surface area contributed by atoms with E-state index in [1.807, 2.05) is 48.5 Å². The highest BCUT2D eigenvalue weighted by Crippen LogP contribution is 2.36. The molecule has 0 spiro atoms. The van der Waals surface area contributed by atoms with Gasteiger partial charge in [0.25, 0.3) is 0 Å². The second-order valence-electron chi connectivity index (χ2n) is 8.94. The molecule has 2 bridgehead atoms. The zero-order valence-electron chi connectivity index (χ0n) is 18.9. The topological polar surface area (TPSA) is 81.7 Å². The molecule has 0 radical (unpaired) electrons. The molecule has 2 atom stereocenters. The van der Waals surface area contributed by atoms with E-state index >= 15 is 0 Å². The van der Waals surface area contributed by atoms with Crippen molar-refractivity contribution >= 4 is 17.8 Å². The summed E-state index contributed by atoms with van der Waals surface area (Å²) in [6.07, 6.45) is 0.899. The lowest BCUT2D eigenvalue weighted by atomic mass is 9.82. The lowest BCUT2D eigenvalue weighted by Crippen LogP contribution is -2.66. The second-order valence-corrected chi connectivity index (χ2v) is 8.94. The van der Waals surface area contributed by atoms with Crippen molar-refractivity contribution in [2.75, 3.05) is 32.8 Å². The first-order valence-electron chi connectivity index (χ1n) is 11.6. The summed E-state index contributed by atoms with van der Waals surface area (Å²) >= 11 is 0. The predicted octanol–water partition coefficient (Wildman–Crippen LogP) is 3.51. The molecule has 2 aromatic rings. The highest BCUT2D eigenvalue weighted by molar-refractivity contribution is 5.97. The van der Waals surface area contributed by atoms with Gasteiger partial charge in [0.1, 0.15) is 13.1 Å². The van der Waals surface area contributed by atoms with Crippen molar-refractivity contribution in [3.63, 3.8) is 0 Å². The summed E-state index contributed by atoms with van der Waals surface area (Å²) in [5.74, 6) is -0.104. The number of ether oxygens (including phenoxy) is 2. The first kappa shape index (κ1) is 23.0. The summed E-state index contributed by atoms with van der Waals surface area (Å²) in [6, 6.07) is 17.4. The second kappa shape index (κ2) is 10.2. The van der Waals surface area contributed by atoms with Crippen LogP contribution in [-0.4, -0.2) is 61.2 Å². The number of rotatable bonds is 8. The number of ketones is 1. The van der Waals surface area contributed by atoms with E-state index in [-0.39, 0.29) is 24.4 Å². The molecule has 33 heavy (non-hydrogen) atoms. The van der Waals surface area contributed by atoms with Crippen LogP contribution in [-0.2, 0) is 14.3 Å². The fourth-order valence-electron chi connectivity index (χ4n) is 5.03. The van der Waals surface area contributed by atoms with E-state index in [9.17, 15) is 14.4 Å². The Bertz CT molecular complexity index is 971. The molecule has 174 valence electrons. The van der Waals surface area contributed by atoms with Crippen LogP contribution in [0.25, 0.3) is 0 Å².